The van der Waals surface area contributed by atoms with Crippen molar-refractivity contribution in [3.63, 3.8) is 0 Å². The molecule has 0 saturated heterocycles. The Balaban J connectivity index is 2.47. The van der Waals surface area contributed by atoms with Gasteiger partial charge < -0.3 is 0 Å². The van der Waals surface area contributed by atoms with Crippen LogP contribution in [0.3, 0.4) is 0 Å². The van der Waals surface area contributed by atoms with Gasteiger partial charge in [-0.05, 0) is 24.7 Å². The monoisotopic (exact) mass is 152 g/mol. The van der Waals surface area contributed by atoms with E-state index in [4.69, 9.17) is 0 Å². The first-order valence-electron chi connectivity index (χ1n) is 4.93. The molecule has 2 unspecified atom stereocenters. The molecule has 11 heavy (non-hydrogen) atoms. The number of hydrogen-bond acceptors (Lipinski definition) is 0. The van der Waals surface area contributed by atoms with Crippen LogP contribution in [0.1, 0.15) is 46.0 Å². The largest absolute Gasteiger partial charge is 0.0996 e. The fourth-order valence-corrected chi connectivity index (χ4v) is 2.18. The second kappa shape index (κ2) is 3.94. The average molecular weight is 152 g/mol. The zero-order valence-electron chi connectivity index (χ0n) is 7.90. The second-order valence-corrected chi connectivity index (χ2v) is 3.88. The van der Waals surface area contributed by atoms with Gasteiger partial charge >= 0.3 is 0 Å². The zero-order valence-corrected chi connectivity index (χ0v) is 7.90. The lowest BCUT2D eigenvalue weighted by atomic mass is 9.76. The predicted molar refractivity (Wildman–Crippen MR) is 50.6 cm³/mol. The van der Waals surface area contributed by atoms with Gasteiger partial charge in [-0.15, -0.1) is 0 Å². The Kier molecular flexibility index (Phi) is 3.16. The van der Waals surface area contributed by atoms with Crippen LogP contribution in [-0.4, -0.2) is 0 Å². The van der Waals surface area contributed by atoms with E-state index in [1.165, 1.54) is 37.7 Å². The predicted octanol–water partition coefficient (Wildman–Crippen LogP) is 3.78. The molecule has 1 rings (SSSR count). The fourth-order valence-electron chi connectivity index (χ4n) is 2.18. The molecule has 0 nitrogen and oxygen atoms in total. The summed E-state index contributed by atoms with van der Waals surface area (Å²) < 4.78 is 0. The lowest BCUT2D eigenvalue weighted by Crippen LogP contribution is -2.17. The first-order valence-corrected chi connectivity index (χ1v) is 4.93. The molecule has 0 aliphatic heterocycles. The van der Waals surface area contributed by atoms with Crippen molar-refractivity contribution in [2.24, 2.45) is 11.8 Å². The molecule has 0 aromatic heterocycles. The molecule has 1 saturated carbocycles. The van der Waals surface area contributed by atoms with Gasteiger partial charge in [0.15, 0.2) is 0 Å². The molecule has 1 aliphatic carbocycles. The quantitative estimate of drug-likeness (QED) is 0.528. The van der Waals surface area contributed by atoms with Gasteiger partial charge in [0.1, 0.15) is 0 Å². The molecule has 0 heteroatoms. The highest BCUT2D eigenvalue weighted by atomic mass is 14.3. The van der Waals surface area contributed by atoms with Crippen molar-refractivity contribution in [3.05, 3.63) is 12.2 Å². The molecule has 0 radical (unpaired) electrons. The van der Waals surface area contributed by atoms with E-state index in [0.29, 0.717) is 0 Å². The van der Waals surface area contributed by atoms with E-state index in [1.807, 2.05) is 0 Å². The van der Waals surface area contributed by atoms with Gasteiger partial charge in [-0.1, -0.05) is 45.3 Å². The summed E-state index contributed by atoms with van der Waals surface area (Å²) in [5, 5.41) is 0. The number of rotatable bonds is 2. The summed E-state index contributed by atoms with van der Waals surface area (Å²) in [4.78, 5) is 0. The molecular formula is C11H20. The summed E-state index contributed by atoms with van der Waals surface area (Å²) in [6.45, 7) is 8.75. The SMILES string of the molecule is C=C(CC)C1CCCCC1C. The molecule has 2 atom stereocenters. The van der Waals surface area contributed by atoms with Crippen LogP contribution in [-0.2, 0) is 0 Å². The molecular weight excluding hydrogens is 132 g/mol. The maximum Gasteiger partial charge on any atom is -0.0180 e. The van der Waals surface area contributed by atoms with Crippen molar-refractivity contribution in [2.75, 3.05) is 0 Å². The van der Waals surface area contributed by atoms with Crippen molar-refractivity contribution >= 4 is 0 Å². The smallest absolute Gasteiger partial charge is 0.0180 e. The van der Waals surface area contributed by atoms with Gasteiger partial charge in [0.2, 0.25) is 0 Å². The molecule has 0 heterocycles. The number of allylic oxidation sites excluding steroid dienone is 1. The third-order valence-electron chi connectivity index (χ3n) is 3.09. The summed E-state index contributed by atoms with van der Waals surface area (Å²) in [5.41, 5.74) is 1.48. The summed E-state index contributed by atoms with van der Waals surface area (Å²) in [6, 6.07) is 0. The highest BCUT2D eigenvalue weighted by Gasteiger charge is 2.22. The molecule has 0 aromatic rings. The molecule has 1 aliphatic rings. The van der Waals surface area contributed by atoms with E-state index in [-0.39, 0.29) is 0 Å². The average Bonchev–Trinajstić information content (AvgIpc) is 2.04. The van der Waals surface area contributed by atoms with Crippen LogP contribution in [0, 0.1) is 11.8 Å². The summed E-state index contributed by atoms with van der Waals surface area (Å²) in [5.74, 6) is 1.74. The summed E-state index contributed by atoms with van der Waals surface area (Å²) in [7, 11) is 0. The van der Waals surface area contributed by atoms with Gasteiger partial charge in [0, 0.05) is 0 Å². The van der Waals surface area contributed by atoms with Crippen molar-refractivity contribution in [3.8, 4) is 0 Å². The maximum absolute atomic E-state index is 4.15. The summed E-state index contributed by atoms with van der Waals surface area (Å²) in [6.07, 6.45) is 6.86. The van der Waals surface area contributed by atoms with Gasteiger partial charge in [-0.25, -0.2) is 0 Å². The topological polar surface area (TPSA) is 0 Å². The molecule has 0 bridgehead atoms. The first kappa shape index (κ1) is 8.83. The van der Waals surface area contributed by atoms with Crippen molar-refractivity contribution in [1.82, 2.24) is 0 Å². The van der Waals surface area contributed by atoms with Gasteiger partial charge in [-0.2, -0.15) is 0 Å². The lowest BCUT2D eigenvalue weighted by molar-refractivity contribution is 0.290. The van der Waals surface area contributed by atoms with E-state index >= 15 is 0 Å². The second-order valence-electron chi connectivity index (χ2n) is 3.88. The van der Waals surface area contributed by atoms with Crippen LogP contribution in [0.15, 0.2) is 12.2 Å². The van der Waals surface area contributed by atoms with Crippen LogP contribution >= 0.6 is 0 Å². The standard InChI is InChI=1S/C11H20/c1-4-9(2)11-8-6-5-7-10(11)3/h10-11H,2,4-8H2,1,3H3. The van der Waals surface area contributed by atoms with Crippen LogP contribution in [0.5, 0.6) is 0 Å². The Morgan fingerprint density at radius 1 is 1.36 bits per heavy atom. The van der Waals surface area contributed by atoms with Crippen molar-refractivity contribution in [2.45, 2.75) is 46.0 Å². The number of hydrogen-bond donors (Lipinski definition) is 0. The van der Waals surface area contributed by atoms with Crippen LogP contribution in [0.2, 0.25) is 0 Å². The van der Waals surface area contributed by atoms with Gasteiger partial charge in [0.05, 0.1) is 0 Å². The molecule has 0 spiro atoms. The first-order chi connectivity index (χ1) is 5.25. The molecule has 0 aromatic carbocycles. The fraction of sp³-hybridized carbons (Fsp3) is 0.818. The van der Waals surface area contributed by atoms with Gasteiger partial charge in [-0.3, -0.25) is 0 Å². The Morgan fingerprint density at radius 2 is 2.00 bits per heavy atom. The minimum absolute atomic E-state index is 0.841. The molecule has 0 N–H and O–H groups in total. The Bertz CT molecular complexity index is 135. The highest BCUT2D eigenvalue weighted by Crippen LogP contribution is 2.34. The molecule has 1 fully saturated rings. The Labute approximate surface area is 70.7 Å². The van der Waals surface area contributed by atoms with E-state index in [1.54, 1.807) is 0 Å². The normalized spacial score (nSPS) is 31.8. The van der Waals surface area contributed by atoms with E-state index < -0.39 is 0 Å². The third-order valence-corrected chi connectivity index (χ3v) is 3.09. The van der Waals surface area contributed by atoms with E-state index in [9.17, 15) is 0 Å². The van der Waals surface area contributed by atoms with Crippen LogP contribution in [0.25, 0.3) is 0 Å². The van der Waals surface area contributed by atoms with Crippen LogP contribution < -0.4 is 0 Å². The third kappa shape index (κ3) is 2.08. The van der Waals surface area contributed by atoms with E-state index in [2.05, 4.69) is 20.4 Å². The maximum atomic E-state index is 4.15. The lowest BCUT2D eigenvalue weighted by Gasteiger charge is -2.30. The minimum Gasteiger partial charge on any atom is -0.0996 e. The molecule has 0 amide bonds. The van der Waals surface area contributed by atoms with E-state index in [0.717, 1.165) is 11.8 Å². The Hall–Kier alpha value is -0.260. The van der Waals surface area contributed by atoms with Crippen molar-refractivity contribution in [1.29, 1.82) is 0 Å². The minimum atomic E-state index is 0.841. The zero-order chi connectivity index (χ0) is 8.27. The van der Waals surface area contributed by atoms with Crippen LogP contribution in [0.4, 0.5) is 0 Å². The summed E-state index contributed by atoms with van der Waals surface area (Å²) >= 11 is 0. The highest BCUT2D eigenvalue weighted by molar-refractivity contribution is 5.02. The Morgan fingerprint density at radius 3 is 2.55 bits per heavy atom. The van der Waals surface area contributed by atoms with Gasteiger partial charge in [0.25, 0.3) is 0 Å². The molecule has 64 valence electrons. The van der Waals surface area contributed by atoms with Crippen molar-refractivity contribution < 1.29 is 0 Å².